The highest BCUT2D eigenvalue weighted by molar-refractivity contribution is 7.80. The second-order valence-corrected chi connectivity index (χ2v) is 5.13. The standard InChI is InChI=1S/C16H25N3O3S/c1-5-18(6-2)15(22-16(23)19(7-3)8-4)17-12-9-10-13(20)14(21)11-12/h9-11,20-21H,5-8H2,1-4H3. The largest absolute Gasteiger partial charge is 0.504 e. The topological polar surface area (TPSA) is 68.5 Å². The van der Waals surface area contributed by atoms with Gasteiger partial charge in [0.15, 0.2) is 11.5 Å². The molecule has 0 fully saturated rings. The Bertz CT molecular complexity index is 556. The number of amidine groups is 1. The molecule has 0 saturated heterocycles. The van der Waals surface area contributed by atoms with Crippen LogP contribution in [0.1, 0.15) is 27.7 Å². The smallest absolute Gasteiger partial charge is 0.300 e. The third-order valence-electron chi connectivity index (χ3n) is 3.42. The molecule has 1 aromatic carbocycles. The van der Waals surface area contributed by atoms with Crippen LogP contribution >= 0.6 is 12.2 Å². The zero-order valence-electron chi connectivity index (χ0n) is 14.1. The van der Waals surface area contributed by atoms with Crippen LogP contribution in [-0.2, 0) is 4.74 Å². The molecule has 0 aromatic heterocycles. The number of aromatic hydroxyl groups is 2. The predicted octanol–water partition coefficient (Wildman–Crippen LogP) is 3.07. The van der Waals surface area contributed by atoms with E-state index in [0.717, 1.165) is 13.1 Å². The quantitative estimate of drug-likeness (QED) is 0.372. The first kappa shape index (κ1) is 19.0. The Morgan fingerprint density at radius 3 is 2.04 bits per heavy atom. The van der Waals surface area contributed by atoms with Gasteiger partial charge in [-0.05, 0) is 52.0 Å². The maximum absolute atomic E-state index is 9.60. The Balaban J connectivity index is 3.11. The summed E-state index contributed by atoms with van der Waals surface area (Å²) >= 11 is 5.33. The highest BCUT2D eigenvalue weighted by Crippen LogP contribution is 2.29. The number of hydrogen-bond donors (Lipinski definition) is 2. The molecule has 0 aliphatic carbocycles. The fraction of sp³-hybridized carbons (Fsp3) is 0.500. The van der Waals surface area contributed by atoms with Gasteiger partial charge in [0.2, 0.25) is 0 Å². The molecule has 128 valence electrons. The number of ether oxygens (including phenoxy) is 1. The van der Waals surface area contributed by atoms with E-state index in [1.165, 1.54) is 12.1 Å². The molecule has 0 bridgehead atoms. The van der Waals surface area contributed by atoms with Gasteiger partial charge in [0.25, 0.3) is 11.2 Å². The molecule has 0 heterocycles. The molecule has 1 aromatic rings. The molecule has 23 heavy (non-hydrogen) atoms. The van der Waals surface area contributed by atoms with Crippen molar-refractivity contribution in [3.8, 4) is 11.5 Å². The fourth-order valence-electron chi connectivity index (χ4n) is 1.97. The average Bonchev–Trinajstić information content (AvgIpc) is 2.53. The monoisotopic (exact) mass is 339 g/mol. The van der Waals surface area contributed by atoms with E-state index in [-0.39, 0.29) is 11.5 Å². The Labute approximate surface area is 143 Å². The molecular weight excluding hydrogens is 314 g/mol. The molecule has 0 spiro atoms. The van der Waals surface area contributed by atoms with Crippen LogP contribution in [-0.4, -0.2) is 57.4 Å². The SMILES string of the molecule is CCN(CC)C(=S)OC(=Nc1ccc(O)c(O)c1)N(CC)CC. The predicted molar refractivity (Wildman–Crippen MR) is 96.4 cm³/mol. The normalized spacial score (nSPS) is 11.2. The molecule has 7 heteroatoms. The minimum atomic E-state index is -0.225. The molecule has 1 rings (SSSR count). The number of rotatable bonds is 5. The zero-order valence-corrected chi connectivity index (χ0v) is 14.9. The Hall–Kier alpha value is -2.02. The minimum absolute atomic E-state index is 0.187. The van der Waals surface area contributed by atoms with Crippen molar-refractivity contribution in [2.24, 2.45) is 4.99 Å². The van der Waals surface area contributed by atoms with Crippen molar-refractivity contribution in [1.82, 2.24) is 9.80 Å². The number of benzene rings is 1. The fourth-order valence-corrected chi connectivity index (χ4v) is 2.30. The first-order valence-electron chi connectivity index (χ1n) is 7.79. The van der Waals surface area contributed by atoms with E-state index in [1.807, 2.05) is 37.5 Å². The van der Waals surface area contributed by atoms with Crippen LogP contribution in [0.4, 0.5) is 5.69 Å². The van der Waals surface area contributed by atoms with E-state index >= 15 is 0 Å². The van der Waals surface area contributed by atoms with Gasteiger partial charge in [-0.25, -0.2) is 0 Å². The van der Waals surface area contributed by atoms with Gasteiger partial charge in [-0.2, -0.15) is 4.99 Å². The first-order chi connectivity index (χ1) is 11.0. The Kier molecular flexibility index (Phi) is 7.61. The molecule has 6 nitrogen and oxygen atoms in total. The van der Waals surface area contributed by atoms with Crippen molar-refractivity contribution in [2.75, 3.05) is 26.2 Å². The maximum Gasteiger partial charge on any atom is 0.300 e. The number of phenols is 2. The summed E-state index contributed by atoms with van der Waals surface area (Å²) in [4.78, 5) is 8.28. The van der Waals surface area contributed by atoms with Gasteiger partial charge in [-0.1, -0.05) is 0 Å². The minimum Gasteiger partial charge on any atom is -0.504 e. The third-order valence-corrected chi connectivity index (χ3v) is 3.76. The summed E-state index contributed by atoms with van der Waals surface area (Å²) in [5.74, 6) is -0.413. The molecule has 2 N–H and O–H groups in total. The molecule has 0 aliphatic heterocycles. The van der Waals surface area contributed by atoms with Gasteiger partial charge in [0, 0.05) is 32.2 Å². The van der Waals surface area contributed by atoms with Crippen LogP contribution in [0.3, 0.4) is 0 Å². The van der Waals surface area contributed by atoms with Gasteiger partial charge in [0.1, 0.15) is 0 Å². The number of thiocarbonyl (C=S) groups is 1. The molecule has 0 radical (unpaired) electrons. The molecule has 0 aliphatic rings. The summed E-state index contributed by atoms with van der Waals surface area (Å²) in [7, 11) is 0. The summed E-state index contributed by atoms with van der Waals surface area (Å²) in [5.41, 5.74) is 0.476. The molecule has 0 unspecified atom stereocenters. The number of nitrogens with zero attached hydrogens (tertiary/aromatic N) is 3. The molecule has 0 atom stereocenters. The molecular formula is C16H25N3O3S. The van der Waals surface area contributed by atoms with Gasteiger partial charge >= 0.3 is 0 Å². The van der Waals surface area contributed by atoms with E-state index in [1.54, 1.807) is 6.07 Å². The van der Waals surface area contributed by atoms with E-state index < -0.39 is 0 Å². The Morgan fingerprint density at radius 2 is 1.57 bits per heavy atom. The van der Waals surface area contributed by atoms with Crippen LogP contribution in [0.2, 0.25) is 0 Å². The third kappa shape index (κ3) is 5.28. The van der Waals surface area contributed by atoms with Crippen molar-refractivity contribution in [3.05, 3.63) is 18.2 Å². The average molecular weight is 339 g/mol. The van der Waals surface area contributed by atoms with Crippen molar-refractivity contribution < 1.29 is 14.9 Å². The van der Waals surface area contributed by atoms with E-state index in [9.17, 15) is 10.2 Å². The van der Waals surface area contributed by atoms with Crippen LogP contribution in [0, 0.1) is 0 Å². The summed E-state index contributed by atoms with van der Waals surface area (Å²) in [5, 5.41) is 19.4. The second-order valence-electron chi connectivity index (χ2n) is 4.78. The van der Waals surface area contributed by atoms with E-state index in [0.29, 0.717) is 30.0 Å². The molecule has 0 amide bonds. The summed E-state index contributed by atoms with van der Waals surface area (Å²) in [6.45, 7) is 10.9. The first-order valence-corrected chi connectivity index (χ1v) is 8.19. The summed E-state index contributed by atoms with van der Waals surface area (Å²) in [6.07, 6.45) is 0. The van der Waals surface area contributed by atoms with Crippen LogP contribution < -0.4 is 0 Å². The summed E-state index contributed by atoms with van der Waals surface area (Å²) in [6, 6.07) is 4.74. The van der Waals surface area contributed by atoms with Gasteiger partial charge in [-0.3, -0.25) is 0 Å². The lowest BCUT2D eigenvalue weighted by atomic mass is 10.3. The second kappa shape index (κ2) is 9.19. The summed E-state index contributed by atoms with van der Waals surface area (Å²) < 4.78 is 5.80. The highest BCUT2D eigenvalue weighted by Gasteiger charge is 2.16. The van der Waals surface area contributed by atoms with Gasteiger partial charge in [0.05, 0.1) is 5.69 Å². The van der Waals surface area contributed by atoms with Gasteiger partial charge in [-0.15, -0.1) is 0 Å². The van der Waals surface area contributed by atoms with Crippen molar-refractivity contribution >= 4 is 29.1 Å². The van der Waals surface area contributed by atoms with Crippen molar-refractivity contribution in [3.63, 3.8) is 0 Å². The van der Waals surface area contributed by atoms with Crippen LogP contribution in [0.25, 0.3) is 0 Å². The van der Waals surface area contributed by atoms with E-state index in [4.69, 9.17) is 17.0 Å². The van der Waals surface area contributed by atoms with Crippen LogP contribution in [0.5, 0.6) is 11.5 Å². The number of aliphatic imine (C=N–C) groups is 1. The van der Waals surface area contributed by atoms with Crippen molar-refractivity contribution in [2.45, 2.75) is 27.7 Å². The Morgan fingerprint density at radius 1 is 1.00 bits per heavy atom. The van der Waals surface area contributed by atoms with E-state index in [2.05, 4.69) is 4.99 Å². The van der Waals surface area contributed by atoms with Crippen molar-refractivity contribution in [1.29, 1.82) is 0 Å². The highest BCUT2D eigenvalue weighted by atomic mass is 32.1. The molecule has 0 saturated carbocycles. The lowest BCUT2D eigenvalue weighted by molar-refractivity contribution is 0.314. The number of hydrogen-bond acceptors (Lipinski definition) is 5. The van der Waals surface area contributed by atoms with Crippen LogP contribution in [0.15, 0.2) is 23.2 Å². The maximum atomic E-state index is 9.60. The number of phenolic OH excluding ortho intramolecular Hbond substituents is 2. The lowest BCUT2D eigenvalue weighted by Crippen LogP contribution is -2.39. The van der Waals surface area contributed by atoms with Gasteiger partial charge < -0.3 is 24.7 Å². The zero-order chi connectivity index (χ0) is 17.4. The lowest BCUT2D eigenvalue weighted by Gasteiger charge is -2.26.